The van der Waals surface area contributed by atoms with Gasteiger partial charge in [-0.25, -0.2) is 0 Å². The van der Waals surface area contributed by atoms with Gasteiger partial charge in [-0.2, -0.15) is 0 Å². The molecule has 0 aromatic rings. The predicted molar refractivity (Wildman–Crippen MR) is 67.3 cm³/mol. The molecule has 0 spiro atoms. The third-order valence-corrected chi connectivity index (χ3v) is 3.99. The molecule has 2 amide bonds. The first-order valence-electron chi connectivity index (χ1n) is 6.85. The molecular weight excluding hydrogens is 248 g/mol. The average molecular weight is 268 g/mol. The third-order valence-electron chi connectivity index (χ3n) is 3.99. The van der Waals surface area contributed by atoms with Gasteiger partial charge in [0, 0.05) is 6.54 Å². The standard InChI is InChI=1S/C13H20N2O4/c1-2-5-15-11(16)8-10(12(15)17)14-6-3-9(4-7-14)13(18)19/h9-10H,2-8H2,1H3,(H,18,19). The minimum atomic E-state index is -0.763. The largest absolute Gasteiger partial charge is 0.481 e. The Labute approximate surface area is 112 Å². The van der Waals surface area contributed by atoms with Crippen LogP contribution in [-0.4, -0.2) is 58.4 Å². The number of nitrogens with zero attached hydrogens (tertiary/aromatic N) is 2. The van der Waals surface area contributed by atoms with Crippen molar-refractivity contribution < 1.29 is 19.5 Å². The SMILES string of the molecule is CCCN1C(=O)CC(N2CCC(C(=O)O)CC2)C1=O. The van der Waals surface area contributed by atoms with Crippen LogP contribution in [0.5, 0.6) is 0 Å². The molecule has 2 aliphatic rings. The number of carboxylic acids is 1. The Morgan fingerprint density at radius 1 is 1.32 bits per heavy atom. The summed E-state index contributed by atoms with van der Waals surface area (Å²) in [7, 11) is 0. The molecule has 0 saturated carbocycles. The van der Waals surface area contributed by atoms with Crippen LogP contribution in [-0.2, 0) is 14.4 Å². The molecule has 1 atom stereocenters. The number of likely N-dealkylation sites (tertiary alicyclic amines) is 2. The van der Waals surface area contributed by atoms with Gasteiger partial charge in [-0.05, 0) is 32.4 Å². The summed E-state index contributed by atoms with van der Waals surface area (Å²) in [6, 6.07) is -0.367. The molecule has 6 heteroatoms. The first kappa shape index (κ1) is 14.0. The first-order chi connectivity index (χ1) is 9.04. The molecule has 6 nitrogen and oxygen atoms in total. The highest BCUT2D eigenvalue weighted by molar-refractivity contribution is 6.05. The van der Waals surface area contributed by atoms with Crippen molar-refractivity contribution in [1.29, 1.82) is 0 Å². The lowest BCUT2D eigenvalue weighted by molar-refractivity contribution is -0.143. The molecule has 2 saturated heterocycles. The monoisotopic (exact) mass is 268 g/mol. The molecule has 0 aromatic heterocycles. The highest BCUT2D eigenvalue weighted by Gasteiger charge is 2.42. The molecule has 2 heterocycles. The van der Waals surface area contributed by atoms with Gasteiger partial charge in [-0.1, -0.05) is 6.92 Å². The number of amides is 2. The van der Waals surface area contributed by atoms with Crippen LogP contribution in [0.15, 0.2) is 0 Å². The third kappa shape index (κ3) is 2.78. The maximum Gasteiger partial charge on any atom is 0.306 e. The Morgan fingerprint density at radius 3 is 2.47 bits per heavy atom. The van der Waals surface area contributed by atoms with Gasteiger partial charge in [-0.3, -0.25) is 24.2 Å². The Morgan fingerprint density at radius 2 is 1.95 bits per heavy atom. The van der Waals surface area contributed by atoms with Crippen LogP contribution in [0.3, 0.4) is 0 Å². The summed E-state index contributed by atoms with van der Waals surface area (Å²) in [6.45, 7) is 3.59. The summed E-state index contributed by atoms with van der Waals surface area (Å²) in [6.07, 6.45) is 2.13. The summed E-state index contributed by atoms with van der Waals surface area (Å²) in [5, 5.41) is 8.95. The molecule has 0 aromatic carbocycles. The molecule has 19 heavy (non-hydrogen) atoms. The fourth-order valence-corrected chi connectivity index (χ4v) is 2.87. The van der Waals surface area contributed by atoms with E-state index in [0.717, 1.165) is 6.42 Å². The van der Waals surface area contributed by atoms with Crippen molar-refractivity contribution in [2.45, 2.75) is 38.6 Å². The van der Waals surface area contributed by atoms with E-state index in [2.05, 4.69) is 0 Å². The van der Waals surface area contributed by atoms with E-state index in [0.29, 0.717) is 32.5 Å². The van der Waals surface area contributed by atoms with Crippen molar-refractivity contribution in [1.82, 2.24) is 9.80 Å². The normalized spacial score (nSPS) is 26.2. The molecule has 1 N–H and O–H groups in total. The second-order valence-corrected chi connectivity index (χ2v) is 5.25. The molecule has 106 valence electrons. The summed E-state index contributed by atoms with van der Waals surface area (Å²) in [4.78, 5) is 38.1. The Hall–Kier alpha value is -1.43. The number of piperidine rings is 1. The summed E-state index contributed by atoms with van der Waals surface area (Å²) in [5.74, 6) is -1.28. The van der Waals surface area contributed by atoms with Gasteiger partial charge in [0.2, 0.25) is 11.8 Å². The van der Waals surface area contributed by atoms with E-state index in [1.165, 1.54) is 4.90 Å². The van der Waals surface area contributed by atoms with Gasteiger partial charge in [0.25, 0.3) is 0 Å². The lowest BCUT2D eigenvalue weighted by atomic mass is 9.96. The van der Waals surface area contributed by atoms with Crippen LogP contribution in [0.4, 0.5) is 0 Å². The van der Waals surface area contributed by atoms with Crippen molar-refractivity contribution in [2.24, 2.45) is 5.92 Å². The van der Waals surface area contributed by atoms with E-state index in [9.17, 15) is 14.4 Å². The van der Waals surface area contributed by atoms with E-state index in [1.807, 2.05) is 11.8 Å². The zero-order valence-corrected chi connectivity index (χ0v) is 11.2. The van der Waals surface area contributed by atoms with Crippen molar-refractivity contribution in [2.75, 3.05) is 19.6 Å². The summed E-state index contributed by atoms with van der Waals surface area (Å²) < 4.78 is 0. The van der Waals surface area contributed by atoms with E-state index in [-0.39, 0.29) is 30.2 Å². The van der Waals surface area contributed by atoms with Crippen molar-refractivity contribution in [3.8, 4) is 0 Å². The minimum Gasteiger partial charge on any atom is -0.481 e. The number of hydrogen-bond acceptors (Lipinski definition) is 4. The molecule has 0 radical (unpaired) electrons. The summed E-state index contributed by atoms with van der Waals surface area (Å²) in [5.41, 5.74) is 0. The Kier molecular flexibility index (Phi) is 4.19. The van der Waals surface area contributed by atoms with Gasteiger partial charge < -0.3 is 5.11 Å². The highest BCUT2D eigenvalue weighted by Crippen LogP contribution is 2.25. The maximum absolute atomic E-state index is 12.2. The zero-order chi connectivity index (χ0) is 14.0. The first-order valence-corrected chi connectivity index (χ1v) is 6.85. The van der Waals surface area contributed by atoms with Crippen molar-refractivity contribution in [3.05, 3.63) is 0 Å². The smallest absolute Gasteiger partial charge is 0.306 e. The van der Waals surface area contributed by atoms with E-state index in [1.54, 1.807) is 0 Å². The van der Waals surface area contributed by atoms with Crippen LogP contribution < -0.4 is 0 Å². The quantitative estimate of drug-likeness (QED) is 0.743. The Balaban J connectivity index is 1.95. The number of imide groups is 1. The van der Waals surface area contributed by atoms with Crippen molar-refractivity contribution in [3.63, 3.8) is 0 Å². The number of carbonyl (C=O) groups excluding carboxylic acids is 2. The maximum atomic E-state index is 12.2. The van der Waals surface area contributed by atoms with Gasteiger partial charge in [0.15, 0.2) is 0 Å². The predicted octanol–water partition coefficient (Wildman–Crippen LogP) is 0.320. The number of hydrogen-bond donors (Lipinski definition) is 1. The zero-order valence-electron chi connectivity index (χ0n) is 11.2. The van der Waals surface area contributed by atoms with Crippen molar-refractivity contribution >= 4 is 17.8 Å². The number of aliphatic carboxylic acids is 1. The molecule has 0 bridgehead atoms. The van der Waals surface area contributed by atoms with E-state index < -0.39 is 5.97 Å². The molecule has 1 unspecified atom stereocenters. The number of rotatable bonds is 4. The second-order valence-electron chi connectivity index (χ2n) is 5.25. The average Bonchev–Trinajstić information content (AvgIpc) is 2.67. The lowest BCUT2D eigenvalue weighted by Gasteiger charge is -2.33. The van der Waals surface area contributed by atoms with Crippen LogP contribution in [0.2, 0.25) is 0 Å². The fourth-order valence-electron chi connectivity index (χ4n) is 2.87. The molecule has 2 rings (SSSR count). The molecule has 0 aliphatic carbocycles. The molecule has 2 aliphatic heterocycles. The second kappa shape index (κ2) is 5.69. The minimum absolute atomic E-state index is 0.0998. The van der Waals surface area contributed by atoms with E-state index >= 15 is 0 Å². The molecular formula is C13H20N2O4. The number of carboxylic acid groups (broad SMARTS) is 1. The highest BCUT2D eigenvalue weighted by atomic mass is 16.4. The van der Waals surface area contributed by atoms with Gasteiger partial charge in [0.1, 0.15) is 0 Å². The van der Waals surface area contributed by atoms with Gasteiger partial charge >= 0.3 is 5.97 Å². The van der Waals surface area contributed by atoms with Crippen LogP contribution in [0.1, 0.15) is 32.6 Å². The van der Waals surface area contributed by atoms with Crippen LogP contribution in [0.25, 0.3) is 0 Å². The topological polar surface area (TPSA) is 77.9 Å². The fraction of sp³-hybridized carbons (Fsp3) is 0.769. The Bertz CT molecular complexity index is 388. The summed E-state index contributed by atoms with van der Waals surface area (Å²) >= 11 is 0. The molecule has 2 fully saturated rings. The van der Waals surface area contributed by atoms with Crippen LogP contribution in [0, 0.1) is 5.92 Å². The van der Waals surface area contributed by atoms with E-state index in [4.69, 9.17) is 5.11 Å². The lowest BCUT2D eigenvalue weighted by Crippen LogP contribution is -2.46. The van der Waals surface area contributed by atoms with Crippen LogP contribution >= 0.6 is 0 Å². The number of carbonyl (C=O) groups is 3. The van der Waals surface area contributed by atoms with Gasteiger partial charge in [0.05, 0.1) is 18.4 Å². The van der Waals surface area contributed by atoms with Gasteiger partial charge in [-0.15, -0.1) is 0 Å².